The Morgan fingerprint density at radius 3 is 2.63 bits per heavy atom. The topological polar surface area (TPSA) is 112 Å². The molecule has 0 unspecified atom stereocenters. The number of hydrogen-bond donors (Lipinski definition) is 3. The monoisotopic (exact) mass is 593 g/mol. The second-order valence-corrected chi connectivity index (χ2v) is 11.5. The molecule has 43 heavy (non-hydrogen) atoms. The number of Topliss-reactive ketones (excluding diaryl/α,β-unsaturated/α-hetero) is 1. The van der Waals surface area contributed by atoms with Crippen LogP contribution >= 0.6 is 11.3 Å². The minimum absolute atomic E-state index is 0.0445. The van der Waals surface area contributed by atoms with Crippen LogP contribution in [0.15, 0.2) is 54.6 Å². The summed E-state index contributed by atoms with van der Waals surface area (Å²) in [5, 5.41) is 21.4. The second-order valence-electron chi connectivity index (χ2n) is 10.5. The molecule has 0 aliphatic carbocycles. The van der Waals surface area contributed by atoms with Crippen molar-refractivity contribution < 1.29 is 23.8 Å². The molecular weight excluding hydrogens is 565 g/mol. The normalized spacial score (nSPS) is 12.6. The van der Waals surface area contributed by atoms with Gasteiger partial charge in [-0.1, -0.05) is 24.3 Å². The molecule has 0 amide bonds. The predicted octanol–water partition coefficient (Wildman–Crippen LogP) is 7.68. The zero-order chi connectivity index (χ0) is 30.4. The summed E-state index contributed by atoms with van der Waals surface area (Å²) in [6.45, 7) is 3.71. The molecule has 2 heterocycles. The number of rotatable bonds is 7. The standard InChI is InChI=1S/C34H28FN3O4S/c1-17-11-27-33(31(23(17)15-29(40)41)24-14-25(35)32-30(18(24)2)28(39)9-10-42-32)43-34(38-27)21-6-4-5-19(12-21)20-7-8-26(37-3)22(13-20)16-36/h4-8,11-14,16,36-37H,9-10,15H2,1-3H3,(H,40,41). The Balaban J connectivity index is 1.56. The van der Waals surface area contributed by atoms with E-state index in [1.54, 1.807) is 6.92 Å². The summed E-state index contributed by atoms with van der Waals surface area (Å²) in [5.41, 5.74) is 8.16. The van der Waals surface area contributed by atoms with E-state index in [2.05, 4.69) is 5.32 Å². The van der Waals surface area contributed by atoms with Crippen LogP contribution in [0, 0.1) is 25.1 Å². The van der Waals surface area contributed by atoms with Crippen molar-refractivity contribution in [3.8, 4) is 38.6 Å². The number of aliphatic carboxylic acids is 1. The van der Waals surface area contributed by atoms with Crippen LogP contribution in [0.1, 0.15) is 39.0 Å². The number of hydrogen-bond acceptors (Lipinski definition) is 7. The molecule has 1 aliphatic rings. The Labute approximate surface area is 251 Å². The van der Waals surface area contributed by atoms with Gasteiger partial charge in [0.2, 0.25) is 0 Å². The summed E-state index contributed by atoms with van der Waals surface area (Å²) < 4.78 is 21.7. The quantitative estimate of drug-likeness (QED) is 0.167. The highest BCUT2D eigenvalue weighted by atomic mass is 32.1. The predicted molar refractivity (Wildman–Crippen MR) is 169 cm³/mol. The van der Waals surface area contributed by atoms with Gasteiger partial charge in [-0.05, 0) is 77.6 Å². The summed E-state index contributed by atoms with van der Waals surface area (Å²) in [5.74, 6) is -1.90. The second kappa shape index (κ2) is 11.1. The Morgan fingerprint density at radius 2 is 1.88 bits per heavy atom. The largest absolute Gasteiger partial charge is 0.489 e. The van der Waals surface area contributed by atoms with E-state index in [-0.39, 0.29) is 36.5 Å². The van der Waals surface area contributed by atoms with Crippen molar-refractivity contribution >= 4 is 45.2 Å². The van der Waals surface area contributed by atoms with Crippen LogP contribution < -0.4 is 10.1 Å². The molecule has 0 bridgehead atoms. The van der Waals surface area contributed by atoms with Crippen molar-refractivity contribution in [2.24, 2.45) is 0 Å². The minimum Gasteiger partial charge on any atom is -0.489 e. The van der Waals surface area contributed by atoms with E-state index in [1.807, 2.05) is 62.5 Å². The van der Waals surface area contributed by atoms with Gasteiger partial charge in [0, 0.05) is 42.1 Å². The number of aromatic nitrogens is 1. The maximum absolute atomic E-state index is 15.4. The highest BCUT2D eigenvalue weighted by molar-refractivity contribution is 7.22. The van der Waals surface area contributed by atoms with Crippen LogP contribution in [0.3, 0.4) is 0 Å². The molecule has 9 heteroatoms. The number of nitrogens with zero attached hydrogens (tertiary/aromatic N) is 1. The molecule has 4 aromatic carbocycles. The first-order valence-electron chi connectivity index (χ1n) is 13.8. The fourth-order valence-electron chi connectivity index (χ4n) is 5.78. The van der Waals surface area contributed by atoms with E-state index in [9.17, 15) is 14.7 Å². The molecule has 0 atom stereocenters. The van der Waals surface area contributed by atoms with Gasteiger partial charge in [-0.25, -0.2) is 9.37 Å². The number of nitrogens with one attached hydrogen (secondary N) is 2. The van der Waals surface area contributed by atoms with Gasteiger partial charge in [-0.15, -0.1) is 11.3 Å². The minimum atomic E-state index is -1.01. The fourth-order valence-corrected chi connectivity index (χ4v) is 6.90. The Kier molecular flexibility index (Phi) is 7.27. The third kappa shape index (κ3) is 4.95. The van der Waals surface area contributed by atoms with Crippen molar-refractivity contribution in [3.05, 3.63) is 88.2 Å². The van der Waals surface area contributed by atoms with E-state index in [1.165, 1.54) is 23.6 Å². The number of ketones is 1. The number of carboxylic acid groups (broad SMARTS) is 1. The first kappa shape index (κ1) is 28.2. The smallest absolute Gasteiger partial charge is 0.307 e. The van der Waals surface area contributed by atoms with Gasteiger partial charge in [0.05, 0.1) is 28.8 Å². The molecular formula is C34H28FN3O4S. The van der Waals surface area contributed by atoms with E-state index >= 15 is 4.39 Å². The lowest BCUT2D eigenvalue weighted by atomic mass is 9.87. The number of carbonyl (C=O) groups is 2. The number of benzene rings is 4. The van der Waals surface area contributed by atoms with E-state index in [4.69, 9.17) is 15.1 Å². The van der Waals surface area contributed by atoms with Crippen LogP contribution in [0.2, 0.25) is 0 Å². The lowest BCUT2D eigenvalue weighted by Gasteiger charge is -2.22. The molecule has 0 saturated heterocycles. The Hall–Kier alpha value is -4.89. The number of fused-ring (bicyclic) bond motifs is 2. The SMILES string of the molecule is CNc1ccc(-c2cccc(-c3nc4cc(C)c(CC(=O)O)c(-c5cc(F)c6c(c5C)C(=O)CCO6)c4s3)c2)cc1C=N. The average Bonchev–Trinajstić information content (AvgIpc) is 3.42. The van der Waals surface area contributed by atoms with Gasteiger partial charge in [0.25, 0.3) is 0 Å². The summed E-state index contributed by atoms with van der Waals surface area (Å²) in [6, 6.07) is 17.0. The third-order valence-electron chi connectivity index (χ3n) is 7.88. The highest BCUT2D eigenvalue weighted by Gasteiger charge is 2.29. The van der Waals surface area contributed by atoms with Gasteiger partial charge < -0.3 is 20.6 Å². The first-order chi connectivity index (χ1) is 20.7. The highest BCUT2D eigenvalue weighted by Crippen LogP contribution is 2.45. The van der Waals surface area contributed by atoms with Crippen molar-refractivity contribution in [2.75, 3.05) is 19.0 Å². The van der Waals surface area contributed by atoms with Crippen molar-refractivity contribution in [3.63, 3.8) is 0 Å². The lowest BCUT2D eigenvalue weighted by molar-refractivity contribution is -0.136. The molecule has 0 fully saturated rings. The molecule has 6 rings (SSSR count). The van der Waals surface area contributed by atoms with Gasteiger partial charge in [-0.2, -0.15) is 0 Å². The van der Waals surface area contributed by atoms with Crippen LogP contribution in [0.25, 0.3) is 43.0 Å². The van der Waals surface area contributed by atoms with Crippen LogP contribution in [-0.4, -0.2) is 41.7 Å². The molecule has 7 nitrogen and oxygen atoms in total. The maximum Gasteiger partial charge on any atom is 0.307 e. The molecule has 216 valence electrons. The van der Waals surface area contributed by atoms with Crippen molar-refractivity contribution in [1.29, 1.82) is 5.41 Å². The zero-order valence-electron chi connectivity index (χ0n) is 23.8. The molecule has 1 aromatic heterocycles. The van der Waals surface area contributed by atoms with Crippen LogP contribution in [0.4, 0.5) is 10.1 Å². The summed E-state index contributed by atoms with van der Waals surface area (Å²) >= 11 is 1.40. The van der Waals surface area contributed by atoms with Crippen LogP contribution in [-0.2, 0) is 11.2 Å². The first-order valence-corrected chi connectivity index (χ1v) is 14.6. The molecule has 0 saturated carbocycles. The lowest BCUT2D eigenvalue weighted by Crippen LogP contribution is -2.18. The fraction of sp³-hybridized carbons (Fsp3) is 0.176. The molecule has 0 spiro atoms. The Bertz CT molecular complexity index is 1980. The van der Waals surface area contributed by atoms with Crippen molar-refractivity contribution in [1.82, 2.24) is 4.98 Å². The third-order valence-corrected chi connectivity index (χ3v) is 9.01. The number of carboxylic acids is 1. The van der Waals surface area contributed by atoms with E-state index < -0.39 is 11.8 Å². The molecule has 5 aromatic rings. The molecule has 1 aliphatic heterocycles. The number of thiazole rings is 1. The molecule has 3 N–H and O–H groups in total. The number of anilines is 1. The summed E-state index contributed by atoms with van der Waals surface area (Å²) in [7, 11) is 1.82. The van der Waals surface area contributed by atoms with Crippen LogP contribution in [0.5, 0.6) is 5.75 Å². The van der Waals surface area contributed by atoms with Gasteiger partial charge in [0.1, 0.15) is 5.01 Å². The number of halogens is 1. The van der Waals surface area contributed by atoms with Gasteiger partial charge in [0.15, 0.2) is 17.3 Å². The van der Waals surface area contributed by atoms with E-state index in [0.717, 1.165) is 43.2 Å². The number of carbonyl (C=O) groups excluding carboxylic acids is 1. The van der Waals surface area contributed by atoms with Gasteiger partial charge in [-0.3, -0.25) is 9.59 Å². The zero-order valence-corrected chi connectivity index (χ0v) is 24.6. The number of ether oxygens (including phenoxy) is 1. The Morgan fingerprint density at radius 1 is 1.12 bits per heavy atom. The van der Waals surface area contributed by atoms with Gasteiger partial charge >= 0.3 is 5.97 Å². The summed E-state index contributed by atoms with van der Waals surface area (Å²) in [4.78, 5) is 29.8. The van der Waals surface area contributed by atoms with Crippen molar-refractivity contribution in [2.45, 2.75) is 26.7 Å². The summed E-state index contributed by atoms with van der Waals surface area (Å²) in [6.07, 6.45) is 1.21. The molecule has 0 radical (unpaired) electrons. The maximum atomic E-state index is 15.4. The van der Waals surface area contributed by atoms with E-state index in [0.29, 0.717) is 27.8 Å². The average molecular weight is 594 g/mol. The number of aryl methyl sites for hydroxylation is 1.